The Morgan fingerprint density at radius 1 is 1.00 bits per heavy atom. The second-order valence-corrected chi connectivity index (χ2v) is 5.69. The van der Waals surface area contributed by atoms with Gasteiger partial charge in [-0.3, -0.25) is 4.98 Å². The van der Waals surface area contributed by atoms with E-state index in [0.717, 1.165) is 49.7 Å². The van der Waals surface area contributed by atoms with Crippen molar-refractivity contribution >= 4 is 0 Å². The van der Waals surface area contributed by atoms with Gasteiger partial charge in [0.05, 0.1) is 12.3 Å². The van der Waals surface area contributed by atoms with Gasteiger partial charge in [0.1, 0.15) is 5.75 Å². The first kappa shape index (κ1) is 18.0. The molecule has 0 spiro atoms. The van der Waals surface area contributed by atoms with Gasteiger partial charge in [-0.2, -0.15) is 0 Å². The fourth-order valence-corrected chi connectivity index (χ4v) is 2.30. The van der Waals surface area contributed by atoms with Crippen LogP contribution in [0.3, 0.4) is 0 Å². The largest absolute Gasteiger partial charge is 0.492 e. The summed E-state index contributed by atoms with van der Waals surface area (Å²) in [6, 6.07) is 4.09. The minimum absolute atomic E-state index is 0.793. The molecule has 1 aromatic rings. The van der Waals surface area contributed by atoms with Gasteiger partial charge in [0.15, 0.2) is 0 Å². The Balaban J connectivity index is 2.32. The van der Waals surface area contributed by atoms with Crippen LogP contribution in [-0.4, -0.2) is 18.1 Å². The van der Waals surface area contributed by atoms with Crippen molar-refractivity contribution in [1.82, 2.24) is 10.3 Å². The van der Waals surface area contributed by atoms with Crippen molar-refractivity contribution in [2.45, 2.75) is 72.3 Å². The average molecular weight is 292 g/mol. The van der Waals surface area contributed by atoms with Gasteiger partial charge < -0.3 is 10.1 Å². The van der Waals surface area contributed by atoms with E-state index in [0.29, 0.717) is 0 Å². The third kappa shape index (κ3) is 8.05. The first-order valence-electron chi connectivity index (χ1n) is 8.58. The van der Waals surface area contributed by atoms with Gasteiger partial charge >= 0.3 is 0 Å². The predicted molar refractivity (Wildman–Crippen MR) is 89.8 cm³/mol. The fraction of sp³-hybridized carbons (Fsp3) is 0.722. The molecule has 0 saturated heterocycles. The number of unbranched alkanes of at least 4 members (excludes halogenated alkanes) is 5. The lowest BCUT2D eigenvalue weighted by Crippen LogP contribution is -2.16. The van der Waals surface area contributed by atoms with E-state index >= 15 is 0 Å². The van der Waals surface area contributed by atoms with Gasteiger partial charge in [0, 0.05) is 12.2 Å². The van der Waals surface area contributed by atoms with Crippen LogP contribution in [-0.2, 0) is 6.54 Å². The van der Waals surface area contributed by atoms with Crippen LogP contribution in [0.1, 0.15) is 70.2 Å². The second kappa shape index (κ2) is 11.6. The minimum Gasteiger partial charge on any atom is -0.492 e. The maximum absolute atomic E-state index is 5.93. The third-order valence-electron chi connectivity index (χ3n) is 3.55. The summed E-state index contributed by atoms with van der Waals surface area (Å²) < 4.78 is 5.93. The summed E-state index contributed by atoms with van der Waals surface area (Å²) in [6.45, 7) is 9.07. The zero-order chi connectivity index (χ0) is 15.3. The van der Waals surface area contributed by atoms with E-state index in [1.807, 2.05) is 13.0 Å². The normalized spacial score (nSPS) is 10.8. The average Bonchev–Trinajstić information content (AvgIpc) is 2.48. The highest BCUT2D eigenvalue weighted by Crippen LogP contribution is 2.17. The molecule has 0 aliphatic carbocycles. The van der Waals surface area contributed by atoms with Crippen LogP contribution >= 0.6 is 0 Å². The monoisotopic (exact) mass is 292 g/mol. The summed E-state index contributed by atoms with van der Waals surface area (Å²) in [6.07, 6.45) is 8.89. The maximum atomic E-state index is 5.93. The minimum atomic E-state index is 0.793. The topological polar surface area (TPSA) is 34.1 Å². The highest BCUT2D eigenvalue weighted by atomic mass is 16.5. The Kier molecular flexibility index (Phi) is 9.88. The number of hydrogen-bond acceptors (Lipinski definition) is 3. The Morgan fingerprint density at radius 2 is 1.76 bits per heavy atom. The van der Waals surface area contributed by atoms with Gasteiger partial charge in [0.2, 0.25) is 0 Å². The molecule has 0 radical (unpaired) electrons. The smallest absolute Gasteiger partial charge is 0.142 e. The Morgan fingerprint density at radius 3 is 2.52 bits per heavy atom. The quantitative estimate of drug-likeness (QED) is 0.570. The second-order valence-electron chi connectivity index (χ2n) is 5.69. The van der Waals surface area contributed by atoms with E-state index in [4.69, 9.17) is 4.74 Å². The molecule has 0 amide bonds. The lowest BCUT2D eigenvalue weighted by Gasteiger charge is -2.12. The number of pyridine rings is 1. The molecular formula is C18H32N2O. The Hall–Kier alpha value is -1.09. The molecule has 0 bridgehead atoms. The van der Waals surface area contributed by atoms with Gasteiger partial charge in [0.25, 0.3) is 0 Å². The molecule has 0 saturated carbocycles. The number of nitrogens with zero attached hydrogens (tertiary/aromatic N) is 1. The molecular weight excluding hydrogens is 260 g/mol. The van der Waals surface area contributed by atoms with Crippen molar-refractivity contribution in [2.75, 3.05) is 13.2 Å². The number of aromatic nitrogens is 1. The molecule has 1 N–H and O–H groups in total. The van der Waals surface area contributed by atoms with E-state index in [1.165, 1.54) is 32.1 Å². The number of rotatable bonds is 12. The zero-order valence-corrected chi connectivity index (χ0v) is 14.1. The van der Waals surface area contributed by atoms with Crippen LogP contribution in [0.15, 0.2) is 12.1 Å². The molecule has 1 rings (SSSR count). The van der Waals surface area contributed by atoms with Crippen molar-refractivity contribution < 1.29 is 4.74 Å². The standard InChI is InChI=1S/C18H32N2O/c1-4-6-7-8-9-10-14-21-18-12-11-16(3)20-17(18)15-19-13-5-2/h11-12,19H,4-10,13-15H2,1-3H3. The number of hydrogen-bond donors (Lipinski definition) is 1. The number of nitrogens with one attached hydrogen (secondary N) is 1. The molecule has 0 unspecified atom stereocenters. The highest BCUT2D eigenvalue weighted by molar-refractivity contribution is 5.29. The molecule has 0 aliphatic heterocycles. The van der Waals surface area contributed by atoms with Gasteiger partial charge in [-0.15, -0.1) is 0 Å². The molecule has 3 nitrogen and oxygen atoms in total. The van der Waals surface area contributed by atoms with Crippen LogP contribution in [0.4, 0.5) is 0 Å². The van der Waals surface area contributed by atoms with Crippen molar-refractivity contribution in [1.29, 1.82) is 0 Å². The molecule has 1 aromatic heterocycles. The first-order chi connectivity index (χ1) is 10.3. The van der Waals surface area contributed by atoms with Crippen molar-refractivity contribution in [3.8, 4) is 5.75 Å². The molecule has 0 fully saturated rings. The van der Waals surface area contributed by atoms with Gasteiger partial charge in [-0.25, -0.2) is 0 Å². The Bertz CT molecular complexity index is 379. The van der Waals surface area contributed by atoms with Crippen LogP contribution in [0.5, 0.6) is 5.75 Å². The summed E-state index contributed by atoms with van der Waals surface area (Å²) in [5, 5.41) is 3.40. The van der Waals surface area contributed by atoms with E-state index in [1.54, 1.807) is 0 Å². The summed E-state index contributed by atoms with van der Waals surface area (Å²) in [5.74, 6) is 0.942. The number of ether oxygens (including phenoxy) is 1. The molecule has 0 aromatic carbocycles. The van der Waals surface area contributed by atoms with Gasteiger partial charge in [-0.05, 0) is 38.4 Å². The summed E-state index contributed by atoms with van der Waals surface area (Å²) in [4.78, 5) is 4.60. The first-order valence-corrected chi connectivity index (χ1v) is 8.58. The SMILES string of the molecule is CCCCCCCCOc1ccc(C)nc1CNCCC. The van der Waals surface area contributed by atoms with E-state index < -0.39 is 0 Å². The van der Waals surface area contributed by atoms with Crippen molar-refractivity contribution in [3.05, 3.63) is 23.5 Å². The van der Waals surface area contributed by atoms with E-state index in [-0.39, 0.29) is 0 Å². The van der Waals surface area contributed by atoms with Crippen LogP contribution in [0.25, 0.3) is 0 Å². The molecule has 21 heavy (non-hydrogen) atoms. The van der Waals surface area contributed by atoms with Crippen molar-refractivity contribution in [2.24, 2.45) is 0 Å². The predicted octanol–water partition coefficient (Wildman–Crippen LogP) is 4.63. The molecule has 1 heterocycles. The van der Waals surface area contributed by atoms with E-state index in [2.05, 4.69) is 30.2 Å². The highest BCUT2D eigenvalue weighted by Gasteiger charge is 2.05. The van der Waals surface area contributed by atoms with Crippen LogP contribution in [0.2, 0.25) is 0 Å². The van der Waals surface area contributed by atoms with Crippen LogP contribution < -0.4 is 10.1 Å². The van der Waals surface area contributed by atoms with Crippen molar-refractivity contribution in [3.63, 3.8) is 0 Å². The molecule has 0 aliphatic rings. The number of aryl methyl sites for hydroxylation is 1. The van der Waals surface area contributed by atoms with Gasteiger partial charge in [-0.1, -0.05) is 46.0 Å². The lowest BCUT2D eigenvalue weighted by molar-refractivity contribution is 0.299. The summed E-state index contributed by atoms with van der Waals surface area (Å²) >= 11 is 0. The van der Waals surface area contributed by atoms with Crippen LogP contribution in [0, 0.1) is 6.92 Å². The zero-order valence-electron chi connectivity index (χ0n) is 14.1. The molecule has 120 valence electrons. The fourth-order valence-electron chi connectivity index (χ4n) is 2.30. The molecule has 0 atom stereocenters. The lowest BCUT2D eigenvalue weighted by atomic mass is 10.1. The van der Waals surface area contributed by atoms with E-state index in [9.17, 15) is 0 Å². The third-order valence-corrected chi connectivity index (χ3v) is 3.55. The summed E-state index contributed by atoms with van der Waals surface area (Å²) in [5.41, 5.74) is 2.09. The molecule has 3 heteroatoms. The summed E-state index contributed by atoms with van der Waals surface area (Å²) in [7, 11) is 0. The Labute approximate surface area is 130 Å². The maximum Gasteiger partial charge on any atom is 0.142 e.